The van der Waals surface area contributed by atoms with Gasteiger partial charge < -0.3 is 29.1 Å². The van der Waals surface area contributed by atoms with Crippen molar-refractivity contribution in [3.8, 4) is 0 Å². The molecule has 0 spiro atoms. The van der Waals surface area contributed by atoms with Crippen LogP contribution in [0.15, 0.2) is 23.1 Å². The summed E-state index contributed by atoms with van der Waals surface area (Å²) in [7, 11) is 3.38. The van der Waals surface area contributed by atoms with Gasteiger partial charge in [-0.15, -0.1) is 11.8 Å². The summed E-state index contributed by atoms with van der Waals surface area (Å²) >= 11 is 1.58. The van der Waals surface area contributed by atoms with Gasteiger partial charge in [0, 0.05) is 36.2 Å². The number of benzene rings is 1. The zero-order chi connectivity index (χ0) is 24.3. The van der Waals surface area contributed by atoms with Crippen LogP contribution in [0.2, 0.25) is 0 Å². The molecule has 0 saturated heterocycles. The van der Waals surface area contributed by atoms with Crippen LogP contribution in [0.3, 0.4) is 0 Å². The highest BCUT2D eigenvalue weighted by molar-refractivity contribution is 7.99. The average molecular weight is 483 g/mol. The Kier molecular flexibility index (Phi) is 16.1. The first-order valence-corrected chi connectivity index (χ1v) is 11.8. The molecule has 1 amide bonds. The van der Waals surface area contributed by atoms with Gasteiger partial charge in [-0.3, -0.25) is 14.5 Å². The van der Waals surface area contributed by atoms with Gasteiger partial charge in [-0.05, 0) is 25.1 Å². The van der Waals surface area contributed by atoms with Gasteiger partial charge in [-0.25, -0.2) is 0 Å². The number of carbonyl (C=O) groups is 4. The number of nitrogens with one attached hydrogen (secondary N) is 1. The van der Waals surface area contributed by atoms with Crippen molar-refractivity contribution in [3.05, 3.63) is 29.3 Å². The molecule has 1 aromatic rings. The molecule has 0 aliphatic heterocycles. The molecule has 0 saturated carbocycles. The van der Waals surface area contributed by atoms with Crippen LogP contribution in [0, 0.1) is 0 Å². The Labute approximate surface area is 199 Å². The lowest BCUT2D eigenvalue weighted by atomic mass is 10.1. The van der Waals surface area contributed by atoms with Crippen molar-refractivity contribution in [1.29, 1.82) is 0 Å². The third-order valence-electron chi connectivity index (χ3n) is 4.79. The van der Waals surface area contributed by atoms with E-state index in [1.807, 2.05) is 24.1 Å². The molecule has 0 aliphatic carbocycles. The number of thioether (sulfide) groups is 1. The third-order valence-corrected chi connectivity index (χ3v) is 5.85. The molecule has 33 heavy (non-hydrogen) atoms. The van der Waals surface area contributed by atoms with Gasteiger partial charge in [0.1, 0.15) is 25.5 Å². The van der Waals surface area contributed by atoms with Crippen LogP contribution in [0.4, 0.5) is 0 Å². The van der Waals surface area contributed by atoms with Gasteiger partial charge in [-0.1, -0.05) is 12.1 Å². The number of carbonyl (C=O) groups excluding carboxylic acids is 4. The predicted molar refractivity (Wildman–Crippen MR) is 126 cm³/mol. The first kappa shape index (κ1) is 28.9. The largest absolute Gasteiger partial charge is 0.378 e. The molecule has 0 heterocycles. The van der Waals surface area contributed by atoms with Crippen molar-refractivity contribution in [3.63, 3.8) is 0 Å². The number of hydrogen-bond donors (Lipinski definition) is 1. The maximum Gasteiger partial charge on any atom is 0.219 e. The Hall–Kier alpha value is -2.11. The van der Waals surface area contributed by atoms with Gasteiger partial charge in [-0.2, -0.15) is 0 Å². The zero-order valence-corrected chi connectivity index (χ0v) is 20.1. The standard InChI is InChI=1S/C23H34N2O7S/c1-24-23(29)7-6-20(18-28)25(2)16-21-19(17-27)4-3-5-22(21)33-15-14-32-13-12-31-11-10-30-9-8-26/h3-5,8,17-18,20H,6-7,9-16H2,1-2H3,(H,24,29). The summed E-state index contributed by atoms with van der Waals surface area (Å²) in [5.74, 6) is 0.575. The van der Waals surface area contributed by atoms with Crippen LogP contribution in [0.5, 0.6) is 0 Å². The van der Waals surface area contributed by atoms with Crippen LogP contribution < -0.4 is 5.32 Å². The minimum absolute atomic E-state index is 0.0754. The smallest absolute Gasteiger partial charge is 0.219 e. The summed E-state index contributed by atoms with van der Waals surface area (Å²) in [4.78, 5) is 47.6. The molecule has 1 rings (SSSR count). The van der Waals surface area contributed by atoms with Crippen molar-refractivity contribution >= 4 is 36.5 Å². The van der Waals surface area contributed by atoms with Crippen molar-refractivity contribution in [2.45, 2.75) is 30.3 Å². The van der Waals surface area contributed by atoms with Gasteiger partial charge >= 0.3 is 0 Å². The first-order valence-electron chi connectivity index (χ1n) is 10.8. The van der Waals surface area contributed by atoms with E-state index in [2.05, 4.69) is 5.32 Å². The van der Waals surface area contributed by atoms with Crippen molar-refractivity contribution in [2.75, 3.05) is 59.5 Å². The highest BCUT2D eigenvalue weighted by Gasteiger charge is 2.18. The summed E-state index contributed by atoms with van der Waals surface area (Å²) in [6.07, 6.45) is 3.02. The van der Waals surface area contributed by atoms with E-state index in [1.54, 1.807) is 24.9 Å². The second kappa shape index (κ2) is 18.3. The quantitative estimate of drug-likeness (QED) is 0.167. The van der Waals surface area contributed by atoms with Crippen LogP contribution in [0.1, 0.15) is 28.8 Å². The molecule has 10 heteroatoms. The number of rotatable bonds is 20. The fourth-order valence-corrected chi connectivity index (χ4v) is 3.89. The van der Waals surface area contributed by atoms with E-state index in [1.165, 1.54) is 0 Å². The SMILES string of the molecule is CNC(=O)CCC(C=O)N(C)Cc1c(C=O)cccc1SCCOCCOCCOCC=O. The van der Waals surface area contributed by atoms with Crippen LogP contribution >= 0.6 is 11.8 Å². The van der Waals surface area contributed by atoms with E-state index >= 15 is 0 Å². The number of nitrogens with zero attached hydrogens (tertiary/aromatic N) is 1. The fourth-order valence-electron chi connectivity index (χ4n) is 2.94. The van der Waals surface area contributed by atoms with Crippen LogP contribution in [-0.2, 0) is 35.1 Å². The maximum atomic E-state index is 11.6. The molecule has 184 valence electrons. The van der Waals surface area contributed by atoms with Crippen LogP contribution in [0.25, 0.3) is 0 Å². The second-order valence-electron chi connectivity index (χ2n) is 7.09. The highest BCUT2D eigenvalue weighted by atomic mass is 32.2. The molecule has 0 aliphatic rings. The number of aldehydes is 3. The minimum Gasteiger partial charge on any atom is -0.378 e. The highest BCUT2D eigenvalue weighted by Crippen LogP contribution is 2.27. The summed E-state index contributed by atoms with van der Waals surface area (Å²) < 4.78 is 15.9. The van der Waals surface area contributed by atoms with E-state index in [0.717, 1.165) is 23.0 Å². The normalized spacial score (nSPS) is 11.8. The van der Waals surface area contributed by atoms with Gasteiger partial charge in [0.15, 0.2) is 0 Å². The Bertz CT molecular complexity index is 733. The van der Waals surface area contributed by atoms with Crippen molar-refractivity contribution < 1.29 is 33.4 Å². The topological polar surface area (TPSA) is 111 Å². The number of likely N-dealkylation sites (N-methyl/N-ethyl adjacent to an activating group) is 1. The van der Waals surface area contributed by atoms with Crippen molar-refractivity contribution in [2.24, 2.45) is 0 Å². The summed E-state index contributed by atoms with van der Waals surface area (Å²) in [6.45, 7) is 2.67. The van der Waals surface area contributed by atoms with E-state index in [-0.39, 0.29) is 18.9 Å². The van der Waals surface area contributed by atoms with Crippen LogP contribution in [-0.4, -0.2) is 95.2 Å². The Morgan fingerprint density at radius 2 is 1.79 bits per heavy atom. The lowest BCUT2D eigenvalue weighted by molar-refractivity contribution is -0.121. The molecule has 1 unspecified atom stereocenters. The van der Waals surface area contributed by atoms with E-state index in [9.17, 15) is 19.2 Å². The Morgan fingerprint density at radius 1 is 1.09 bits per heavy atom. The molecular formula is C23H34N2O7S. The lowest BCUT2D eigenvalue weighted by Gasteiger charge is -2.25. The lowest BCUT2D eigenvalue weighted by Crippen LogP contribution is -2.34. The fraction of sp³-hybridized carbons (Fsp3) is 0.565. The molecule has 9 nitrogen and oxygen atoms in total. The molecule has 0 radical (unpaired) electrons. The molecule has 1 N–H and O–H groups in total. The number of amides is 1. The predicted octanol–water partition coefficient (Wildman–Crippen LogP) is 1.37. The van der Waals surface area contributed by atoms with Gasteiger partial charge in [0.05, 0.1) is 39.1 Å². The Balaban J connectivity index is 2.51. The van der Waals surface area contributed by atoms with Gasteiger partial charge in [0.25, 0.3) is 0 Å². The third kappa shape index (κ3) is 12.1. The molecule has 0 fully saturated rings. The summed E-state index contributed by atoms with van der Waals surface area (Å²) in [5.41, 5.74) is 1.43. The van der Waals surface area contributed by atoms with E-state index in [0.29, 0.717) is 63.6 Å². The molecule has 0 aromatic heterocycles. The first-order chi connectivity index (χ1) is 16.1. The number of ether oxygens (including phenoxy) is 3. The monoisotopic (exact) mass is 482 g/mol. The molecule has 1 aromatic carbocycles. The minimum atomic E-state index is -0.424. The maximum absolute atomic E-state index is 11.6. The molecule has 1 atom stereocenters. The van der Waals surface area contributed by atoms with E-state index < -0.39 is 6.04 Å². The summed E-state index contributed by atoms with van der Waals surface area (Å²) in [6, 6.07) is 5.11. The molecular weight excluding hydrogens is 448 g/mol. The second-order valence-corrected chi connectivity index (χ2v) is 8.22. The zero-order valence-electron chi connectivity index (χ0n) is 19.3. The number of hydrogen-bond acceptors (Lipinski definition) is 9. The summed E-state index contributed by atoms with van der Waals surface area (Å²) in [5, 5.41) is 2.56. The van der Waals surface area contributed by atoms with Crippen molar-refractivity contribution in [1.82, 2.24) is 10.2 Å². The van der Waals surface area contributed by atoms with Gasteiger partial charge in [0.2, 0.25) is 5.91 Å². The Morgan fingerprint density at radius 3 is 2.42 bits per heavy atom. The average Bonchev–Trinajstić information content (AvgIpc) is 2.83. The molecule has 0 bridgehead atoms. The van der Waals surface area contributed by atoms with E-state index in [4.69, 9.17) is 14.2 Å².